The standard InChI is InChI=1S/C30H26FNO6S.Na/c31-22-12-9-19(10-13-22)27(33)16-15-26-29(32(30(26)35)23-6-2-1-3-7-23)25-14-11-21(18-28(25)34)20-5-4-8-24(17-20)39(36,37)38;/h1-14,17-18,26-27,29,33-34H,15-16H2,(H,36,37,38);/q;+1/p-1/t26-,27+,29-;/m1./s1. The molecule has 1 saturated heterocycles. The van der Waals surface area contributed by atoms with Crippen LogP contribution in [-0.4, -0.2) is 29.1 Å². The minimum absolute atomic E-state index is 0. The van der Waals surface area contributed by atoms with Crippen molar-refractivity contribution in [2.24, 2.45) is 5.92 Å². The fraction of sp³-hybridized carbons (Fsp3) is 0.167. The molecule has 7 nitrogen and oxygen atoms in total. The van der Waals surface area contributed by atoms with Gasteiger partial charge in [-0.3, -0.25) is 4.79 Å². The molecule has 1 aliphatic heterocycles. The molecule has 0 bridgehead atoms. The maximum absolute atomic E-state index is 13.3. The number of benzene rings is 4. The smallest absolute Gasteiger partial charge is 0.744 e. The molecule has 0 radical (unpaired) electrons. The summed E-state index contributed by atoms with van der Waals surface area (Å²) in [6.07, 6.45) is -0.294. The average Bonchev–Trinajstić information content (AvgIpc) is 2.92. The van der Waals surface area contributed by atoms with Crippen LogP contribution in [0, 0.1) is 11.7 Å². The largest absolute Gasteiger partial charge is 1.00 e. The third kappa shape index (κ3) is 6.15. The van der Waals surface area contributed by atoms with E-state index in [9.17, 15) is 32.4 Å². The average molecular weight is 570 g/mol. The summed E-state index contributed by atoms with van der Waals surface area (Å²) in [6, 6.07) is 24.5. The van der Waals surface area contributed by atoms with Crippen LogP contribution in [0.25, 0.3) is 11.1 Å². The van der Waals surface area contributed by atoms with Crippen molar-refractivity contribution >= 4 is 21.7 Å². The normalized spacial score (nSPS) is 17.6. The number of rotatable bonds is 8. The van der Waals surface area contributed by atoms with E-state index >= 15 is 0 Å². The van der Waals surface area contributed by atoms with E-state index in [0.717, 1.165) is 0 Å². The Morgan fingerprint density at radius 2 is 1.57 bits per heavy atom. The topological polar surface area (TPSA) is 118 Å². The van der Waals surface area contributed by atoms with Crippen molar-refractivity contribution in [3.05, 3.63) is 114 Å². The maximum atomic E-state index is 13.3. The predicted octanol–water partition coefficient (Wildman–Crippen LogP) is 2.32. The number of para-hydroxylation sites is 1. The Bertz CT molecular complexity index is 1620. The van der Waals surface area contributed by atoms with Gasteiger partial charge in [0.1, 0.15) is 21.7 Å². The van der Waals surface area contributed by atoms with Crippen molar-refractivity contribution in [2.45, 2.75) is 29.9 Å². The van der Waals surface area contributed by atoms with E-state index in [-0.39, 0.29) is 52.5 Å². The SMILES string of the molecule is O=C1[C@H](CC[C@H](O)c2ccc(F)cc2)[C@@H](c2ccc(-c3cccc(S(=O)(=O)[O-])c3)cc2O)N1c1ccccc1.[Na+]. The van der Waals surface area contributed by atoms with Crippen molar-refractivity contribution < 1.29 is 61.9 Å². The predicted molar refractivity (Wildman–Crippen MR) is 142 cm³/mol. The van der Waals surface area contributed by atoms with Gasteiger partial charge >= 0.3 is 29.6 Å². The second-order valence-electron chi connectivity index (χ2n) is 9.50. The van der Waals surface area contributed by atoms with Crippen LogP contribution in [0.3, 0.4) is 0 Å². The number of aromatic hydroxyl groups is 1. The monoisotopic (exact) mass is 569 g/mol. The number of hydrogen-bond donors (Lipinski definition) is 2. The van der Waals surface area contributed by atoms with Gasteiger partial charge < -0.3 is 19.7 Å². The van der Waals surface area contributed by atoms with Crippen LogP contribution in [0.1, 0.15) is 36.1 Å². The molecule has 0 unspecified atom stereocenters. The van der Waals surface area contributed by atoms with E-state index in [1.54, 1.807) is 35.2 Å². The molecule has 1 aliphatic rings. The molecule has 40 heavy (non-hydrogen) atoms. The zero-order valence-electron chi connectivity index (χ0n) is 21.6. The van der Waals surface area contributed by atoms with Crippen LogP contribution in [0.2, 0.25) is 0 Å². The Kier molecular flexibility index (Phi) is 9.14. The summed E-state index contributed by atoms with van der Waals surface area (Å²) < 4.78 is 47.6. The van der Waals surface area contributed by atoms with Crippen LogP contribution in [-0.2, 0) is 14.9 Å². The fourth-order valence-corrected chi connectivity index (χ4v) is 5.57. The molecule has 0 aliphatic carbocycles. The fourth-order valence-electron chi connectivity index (χ4n) is 5.06. The van der Waals surface area contributed by atoms with E-state index in [1.165, 1.54) is 48.5 Å². The number of halogens is 1. The van der Waals surface area contributed by atoms with Crippen LogP contribution < -0.4 is 34.5 Å². The van der Waals surface area contributed by atoms with Crippen molar-refractivity contribution in [1.82, 2.24) is 0 Å². The summed E-state index contributed by atoms with van der Waals surface area (Å²) in [4.78, 5) is 14.5. The molecule has 0 aromatic heterocycles. The Hall–Kier alpha value is -3.05. The zero-order chi connectivity index (χ0) is 27.7. The molecule has 1 fully saturated rings. The quantitative estimate of drug-likeness (QED) is 0.191. The van der Waals surface area contributed by atoms with Gasteiger partial charge in [0.05, 0.1) is 23.0 Å². The van der Waals surface area contributed by atoms with Crippen molar-refractivity contribution in [3.63, 3.8) is 0 Å². The first-order valence-electron chi connectivity index (χ1n) is 12.3. The molecule has 5 rings (SSSR count). The first-order valence-corrected chi connectivity index (χ1v) is 13.8. The van der Waals surface area contributed by atoms with Gasteiger partial charge in [-0.1, -0.05) is 54.6 Å². The van der Waals surface area contributed by atoms with E-state index < -0.39 is 34.0 Å². The van der Waals surface area contributed by atoms with Crippen molar-refractivity contribution in [3.8, 4) is 16.9 Å². The van der Waals surface area contributed by atoms with E-state index in [4.69, 9.17) is 0 Å². The number of aliphatic hydroxyl groups is 1. The molecule has 0 saturated carbocycles. The number of nitrogens with zero attached hydrogens (tertiary/aromatic N) is 1. The second kappa shape index (κ2) is 12.2. The number of β-lactam (4-membered cyclic amide) rings is 1. The summed E-state index contributed by atoms with van der Waals surface area (Å²) >= 11 is 0. The molecule has 2 N–H and O–H groups in total. The molecule has 1 amide bonds. The molecule has 1 heterocycles. The van der Waals surface area contributed by atoms with E-state index in [2.05, 4.69) is 0 Å². The van der Waals surface area contributed by atoms with Gasteiger partial charge in [0, 0.05) is 11.3 Å². The van der Waals surface area contributed by atoms with E-state index in [0.29, 0.717) is 34.4 Å². The van der Waals surface area contributed by atoms with Gasteiger partial charge in [-0.2, -0.15) is 0 Å². The van der Waals surface area contributed by atoms with Crippen LogP contribution >= 0.6 is 0 Å². The summed E-state index contributed by atoms with van der Waals surface area (Å²) in [5.41, 5.74) is 2.66. The third-order valence-corrected chi connectivity index (χ3v) is 7.89. The van der Waals surface area contributed by atoms with Crippen LogP contribution in [0.5, 0.6) is 5.75 Å². The number of amides is 1. The number of anilines is 1. The Labute approximate surface area is 254 Å². The summed E-state index contributed by atoms with van der Waals surface area (Å²) in [7, 11) is -4.64. The summed E-state index contributed by atoms with van der Waals surface area (Å²) in [5.74, 6) is -1.16. The molecule has 200 valence electrons. The van der Waals surface area contributed by atoms with Crippen LogP contribution in [0.4, 0.5) is 10.1 Å². The Morgan fingerprint density at radius 1 is 0.900 bits per heavy atom. The Balaban J connectivity index is 0.00000370. The van der Waals surface area contributed by atoms with Gasteiger partial charge in [-0.15, -0.1) is 0 Å². The second-order valence-corrected chi connectivity index (χ2v) is 10.9. The summed E-state index contributed by atoms with van der Waals surface area (Å²) in [6.45, 7) is 0. The van der Waals surface area contributed by atoms with Gasteiger partial charge in [0.2, 0.25) is 5.91 Å². The molecular formula is C30H25FNNaO6S. The third-order valence-electron chi connectivity index (χ3n) is 7.06. The minimum atomic E-state index is -4.64. The number of phenols is 1. The molecule has 4 aromatic rings. The van der Waals surface area contributed by atoms with Gasteiger partial charge in [0.15, 0.2) is 0 Å². The first kappa shape index (κ1) is 29.9. The van der Waals surface area contributed by atoms with Crippen molar-refractivity contribution in [2.75, 3.05) is 4.90 Å². The van der Waals surface area contributed by atoms with E-state index in [1.807, 2.05) is 18.2 Å². The van der Waals surface area contributed by atoms with Crippen LogP contribution in [0.15, 0.2) is 102 Å². The molecule has 0 spiro atoms. The van der Waals surface area contributed by atoms with Gasteiger partial charge in [-0.05, 0) is 72.0 Å². The van der Waals surface area contributed by atoms with Gasteiger partial charge in [-0.25, -0.2) is 12.8 Å². The molecular weight excluding hydrogens is 544 g/mol. The molecule has 10 heteroatoms. The number of phenolic OH excluding ortho intramolecular Hbond substituents is 1. The minimum Gasteiger partial charge on any atom is -0.744 e. The zero-order valence-corrected chi connectivity index (χ0v) is 24.5. The first-order chi connectivity index (χ1) is 18.6. The van der Waals surface area contributed by atoms with Gasteiger partial charge in [0.25, 0.3) is 0 Å². The number of aliphatic hydroxyl groups excluding tert-OH is 1. The summed E-state index contributed by atoms with van der Waals surface area (Å²) in [5, 5.41) is 21.7. The Morgan fingerprint density at radius 3 is 2.23 bits per heavy atom. The maximum Gasteiger partial charge on any atom is 1.00 e. The number of carbonyl (C=O) groups excluding carboxylic acids is 1. The van der Waals surface area contributed by atoms with Crippen molar-refractivity contribution in [1.29, 1.82) is 0 Å². The molecule has 4 aromatic carbocycles. The number of carbonyl (C=O) groups is 1. The molecule has 3 atom stereocenters. The number of hydrogen-bond acceptors (Lipinski definition) is 6.